The first-order valence-corrected chi connectivity index (χ1v) is 18.3. The van der Waals surface area contributed by atoms with E-state index in [1.54, 1.807) is 0 Å². The van der Waals surface area contributed by atoms with Crippen molar-refractivity contribution in [2.24, 2.45) is 11.5 Å². The van der Waals surface area contributed by atoms with Gasteiger partial charge in [0.05, 0.1) is 13.1 Å². The van der Waals surface area contributed by atoms with Crippen LogP contribution in [0.2, 0.25) is 0 Å². The van der Waals surface area contributed by atoms with Gasteiger partial charge in [-0.2, -0.15) is 26.3 Å². The molecule has 5 N–H and O–H groups in total. The van der Waals surface area contributed by atoms with E-state index < -0.39 is 91.1 Å². The smallest absolute Gasteiger partial charge is 0.521 e. The van der Waals surface area contributed by atoms with E-state index in [1.807, 2.05) is 0 Å². The molecule has 0 aliphatic carbocycles. The molecule has 0 saturated carbocycles. The van der Waals surface area contributed by atoms with Crippen molar-refractivity contribution in [1.82, 2.24) is 39.3 Å². The topological polar surface area (TPSA) is 224 Å². The number of amides is 2. The monoisotopic (exact) mass is 928 g/mol. The van der Waals surface area contributed by atoms with Crippen LogP contribution in [-0.2, 0) is 70.2 Å². The maximum Gasteiger partial charge on any atom is 0.521 e. The second kappa shape index (κ2) is 21.2. The minimum absolute atomic E-state index is 0. The fraction of sp³-hybridized carbons (Fsp3) is 0.455. The number of nitrogens with zero attached hydrogens (tertiary/aromatic N) is 8. The average molecular weight is 929 g/mol. The Kier molecular flexibility index (Phi) is 17.5. The van der Waals surface area contributed by atoms with E-state index in [9.17, 15) is 62.3 Å². The molecule has 344 valence electrons. The van der Waals surface area contributed by atoms with Crippen molar-refractivity contribution in [3.8, 4) is 0 Å². The predicted molar refractivity (Wildman–Crippen MR) is 186 cm³/mol. The molecule has 4 heterocycles. The molecule has 2 aromatic carbocycles. The zero-order valence-electron chi connectivity index (χ0n) is 30.7. The van der Waals surface area contributed by atoms with Crippen molar-refractivity contribution >= 4 is 20.1 Å². The minimum atomic E-state index is -4.64. The van der Waals surface area contributed by atoms with Crippen molar-refractivity contribution in [3.05, 3.63) is 93.6 Å². The highest BCUT2D eigenvalue weighted by molar-refractivity contribution is 7.30. The fourth-order valence-electron chi connectivity index (χ4n) is 6.02. The van der Waals surface area contributed by atoms with E-state index in [4.69, 9.17) is 26.2 Å². The summed E-state index contributed by atoms with van der Waals surface area (Å²) in [5.74, 6) is -10.3. The molecule has 0 fully saturated rings. The zero-order valence-corrected chi connectivity index (χ0v) is 31.6. The molecule has 0 radical (unpaired) electrons. The molecule has 3 unspecified atom stereocenters. The predicted octanol–water partition coefficient (Wildman–Crippen LogP) is 4.41. The molecule has 62 heavy (non-hydrogen) atoms. The number of alkyl halides is 6. The van der Waals surface area contributed by atoms with E-state index in [0.29, 0.717) is 24.3 Å². The van der Waals surface area contributed by atoms with E-state index in [2.05, 4.69) is 25.1 Å². The number of carbonyl (C=O) groups is 2. The second-order valence-corrected chi connectivity index (χ2v) is 13.8. The molecule has 6 rings (SSSR count). The molecule has 16 nitrogen and oxygen atoms in total. The number of aromatic nitrogens is 6. The number of halogens is 12. The normalized spacial score (nSPS) is 14.9. The Morgan fingerprint density at radius 3 is 1.31 bits per heavy atom. The summed E-state index contributed by atoms with van der Waals surface area (Å²) in [4.78, 5) is 36.2. The third kappa shape index (κ3) is 13.4. The van der Waals surface area contributed by atoms with Crippen molar-refractivity contribution in [2.75, 3.05) is 13.1 Å². The molecular formula is C33H37F12N10O6P. The Morgan fingerprint density at radius 1 is 0.677 bits per heavy atom. The van der Waals surface area contributed by atoms with Gasteiger partial charge in [0, 0.05) is 69.3 Å². The summed E-state index contributed by atoms with van der Waals surface area (Å²) in [6.45, 7) is -0.604. The first-order chi connectivity index (χ1) is 28.4. The van der Waals surface area contributed by atoms with E-state index >= 15 is 0 Å². The van der Waals surface area contributed by atoms with Crippen LogP contribution in [0.4, 0.5) is 52.7 Å². The van der Waals surface area contributed by atoms with Crippen LogP contribution in [0, 0.1) is 34.9 Å². The lowest BCUT2D eigenvalue weighted by atomic mass is 10.0. The molecule has 2 aliphatic rings. The van der Waals surface area contributed by atoms with Gasteiger partial charge in [0.2, 0.25) is 23.5 Å². The van der Waals surface area contributed by atoms with Gasteiger partial charge >= 0.3 is 20.6 Å². The molecule has 3 atom stereocenters. The summed E-state index contributed by atoms with van der Waals surface area (Å²) in [6, 6.07) is 0.368. The van der Waals surface area contributed by atoms with Gasteiger partial charge in [0.25, 0.3) is 0 Å². The van der Waals surface area contributed by atoms with Crippen molar-refractivity contribution in [2.45, 2.75) is 83.7 Å². The Balaban J connectivity index is 0.000000380. The molecule has 0 spiro atoms. The maximum absolute atomic E-state index is 13.7. The number of rotatable bonds is 9. The third-order valence-corrected chi connectivity index (χ3v) is 8.94. The largest absolute Gasteiger partial charge is 0.565 e. The average Bonchev–Trinajstić information content (AvgIpc) is 3.81. The molecular weight excluding hydrogens is 891 g/mol. The summed E-state index contributed by atoms with van der Waals surface area (Å²) in [5, 5.41) is 20.2. The lowest BCUT2D eigenvalue weighted by Crippen LogP contribution is -2.42. The number of nitrogens with two attached hydrogens (primary N) is 2. The first-order valence-electron chi connectivity index (χ1n) is 17.2. The van der Waals surface area contributed by atoms with Gasteiger partial charge in [-0.05, 0) is 40.7 Å². The Morgan fingerprint density at radius 2 is 1.00 bits per heavy atom. The number of carbonyl (C=O) groups excluding carboxylic acids is 2. The molecule has 2 aliphatic heterocycles. The van der Waals surface area contributed by atoms with E-state index in [1.165, 1.54) is 9.80 Å². The van der Waals surface area contributed by atoms with Crippen LogP contribution in [-0.4, -0.2) is 81.6 Å². The summed E-state index contributed by atoms with van der Waals surface area (Å²) >= 11 is 0. The number of fused-ring (bicyclic) bond motifs is 2. The van der Waals surface area contributed by atoms with Crippen molar-refractivity contribution in [3.63, 3.8) is 0 Å². The fourth-order valence-corrected chi connectivity index (χ4v) is 6.02. The highest BCUT2D eigenvalue weighted by Crippen LogP contribution is 2.31. The SMILES string of the molecule is C.NC(CC(=O)N1CCn2c(nnc2C(F)(F)F)C1)Cc1cc(F)c(F)cc1F.NC(CC(=O)N1CCn2c(nnc2C(F)(F)F)C1)Cc1cc(F)c(F)cc1F.O=[P+]([O-])OO.[HH]. The lowest BCUT2D eigenvalue weighted by Gasteiger charge is -2.29. The summed E-state index contributed by atoms with van der Waals surface area (Å²) < 4.78 is 170. The van der Waals surface area contributed by atoms with Crippen molar-refractivity contribution < 1.29 is 83.1 Å². The van der Waals surface area contributed by atoms with Gasteiger partial charge in [0.15, 0.2) is 34.9 Å². The standard InChI is InChI=1S/2C16H15F6N5O.CH4.HO4P.H2/c2*17-10-6-12(19)11(18)4-8(10)3-9(23)5-14(28)26-1-2-27-13(7-26)24-25-15(27)16(20,21)22;;1-4-5(2)3;/h2*4,6,9H,1-3,5,7,23H2;1H4;1H;1H. The van der Waals surface area contributed by atoms with Crippen LogP contribution in [0.15, 0.2) is 24.3 Å². The van der Waals surface area contributed by atoms with Gasteiger partial charge in [0.1, 0.15) is 11.6 Å². The number of benzene rings is 2. The van der Waals surface area contributed by atoms with Gasteiger partial charge < -0.3 is 35.3 Å². The molecule has 29 heteroatoms. The van der Waals surface area contributed by atoms with E-state index in [0.717, 1.165) is 9.13 Å². The first kappa shape index (κ1) is 51.1. The second-order valence-electron chi connectivity index (χ2n) is 13.2. The van der Waals surface area contributed by atoms with Gasteiger partial charge in [-0.25, -0.2) is 31.6 Å². The maximum atomic E-state index is 13.7. The lowest BCUT2D eigenvalue weighted by molar-refractivity contribution is -0.244. The minimum Gasteiger partial charge on any atom is -0.565 e. The quantitative estimate of drug-likeness (QED) is 0.0699. The Hall–Kier alpha value is -5.28. The van der Waals surface area contributed by atoms with Crippen LogP contribution in [0.25, 0.3) is 0 Å². The molecule has 0 saturated heterocycles. The van der Waals surface area contributed by atoms with Gasteiger partial charge in [-0.15, -0.1) is 20.4 Å². The molecule has 4 aromatic rings. The number of hydrogen-bond donors (Lipinski definition) is 3. The highest BCUT2D eigenvalue weighted by Gasteiger charge is 2.41. The summed E-state index contributed by atoms with van der Waals surface area (Å²) in [7, 11) is -3.04. The summed E-state index contributed by atoms with van der Waals surface area (Å²) in [5.41, 5.74) is 11.3. The van der Waals surface area contributed by atoms with Crippen LogP contribution in [0.5, 0.6) is 0 Å². The van der Waals surface area contributed by atoms with Crippen LogP contribution in [0.3, 0.4) is 0 Å². The summed E-state index contributed by atoms with van der Waals surface area (Å²) in [6.07, 6.45) is -10.2. The van der Waals surface area contributed by atoms with Gasteiger partial charge in [-0.1, -0.05) is 7.43 Å². The van der Waals surface area contributed by atoms with Crippen LogP contribution >= 0.6 is 8.25 Å². The van der Waals surface area contributed by atoms with Crippen molar-refractivity contribution in [1.29, 1.82) is 0 Å². The van der Waals surface area contributed by atoms with Gasteiger partial charge in [-0.3, -0.25) is 9.59 Å². The molecule has 0 bridgehead atoms. The molecule has 2 aromatic heterocycles. The van der Waals surface area contributed by atoms with E-state index in [-0.39, 0.29) is 96.6 Å². The molecule has 2 amide bonds. The Bertz CT molecular complexity index is 2090. The zero-order chi connectivity index (χ0) is 45.6. The third-order valence-electron chi connectivity index (χ3n) is 8.80. The Labute approximate surface area is 344 Å². The van der Waals surface area contributed by atoms with Crippen LogP contribution in [0.1, 0.15) is 56.1 Å². The van der Waals surface area contributed by atoms with Crippen LogP contribution < -0.4 is 16.4 Å². The number of hydrogen-bond acceptors (Lipinski definition) is 12. The highest BCUT2D eigenvalue weighted by atomic mass is 31.1.